The number of halogens is 1. The van der Waals surface area contributed by atoms with Gasteiger partial charge in [0.25, 0.3) is 11.5 Å². The van der Waals surface area contributed by atoms with Crippen molar-refractivity contribution in [3.05, 3.63) is 68.9 Å². The van der Waals surface area contributed by atoms with Crippen LogP contribution in [0, 0.1) is 6.92 Å². The van der Waals surface area contributed by atoms with Gasteiger partial charge in [0.2, 0.25) is 0 Å². The summed E-state index contributed by atoms with van der Waals surface area (Å²) < 4.78 is 3.67. The molecule has 0 aliphatic rings. The molecule has 0 bridgehead atoms. The van der Waals surface area contributed by atoms with Crippen LogP contribution >= 0.6 is 15.9 Å². The molecule has 0 aliphatic heterocycles. The Morgan fingerprint density at radius 1 is 1.33 bits per heavy atom. The highest BCUT2D eigenvalue weighted by Gasteiger charge is 2.17. The fraction of sp³-hybridized carbons (Fsp3) is 0.125. The third-order valence-electron chi connectivity index (χ3n) is 3.52. The first-order valence-electron chi connectivity index (χ1n) is 7.11. The summed E-state index contributed by atoms with van der Waals surface area (Å²) in [6, 6.07) is 7.01. The monoisotopic (exact) mass is 387 g/mol. The average Bonchev–Trinajstić information content (AvgIpc) is 2.94. The van der Waals surface area contributed by atoms with Crippen LogP contribution in [-0.4, -0.2) is 25.2 Å². The van der Waals surface area contributed by atoms with Crippen LogP contribution in [0.3, 0.4) is 0 Å². The number of hydrogen-bond acceptors (Lipinski definition) is 4. The van der Waals surface area contributed by atoms with Gasteiger partial charge in [0.1, 0.15) is 5.69 Å². The number of carbonyl (C=O) groups is 1. The second-order valence-electron chi connectivity index (χ2n) is 5.19. The molecule has 3 aromatic rings. The Labute approximate surface area is 146 Å². The zero-order valence-electron chi connectivity index (χ0n) is 13.0. The van der Waals surface area contributed by atoms with Gasteiger partial charge in [-0.15, -0.1) is 0 Å². The molecule has 3 rings (SSSR count). The number of hydrogen-bond donors (Lipinski definition) is 1. The first-order valence-corrected chi connectivity index (χ1v) is 7.90. The second kappa shape index (κ2) is 6.40. The van der Waals surface area contributed by atoms with E-state index in [2.05, 4.69) is 31.3 Å². The molecule has 3 heterocycles. The molecule has 8 heteroatoms. The number of pyridine rings is 2. The molecule has 0 spiro atoms. The summed E-state index contributed by atoms with van der Waals surface area (Å²) in [6.07, 6.45) is 4.74. The fourth-order valence-electron chi connectivity index (χ4n) is 2.29. The molecule has 0 unspecified atom stereocenters. The maximum atomic E-state index is 12.5. The molecular formula is C16H14BrN5O2. The molecule has 122 valence electrons. The van der Waals surface area contributed by atoms with Gasteiger partial charge in [0.05, 0.1) is 17.5 Å². The first kappa shape index (κ1) is 16.1. The quantitative estimate of drug-likeness (QED) is 0.747. The number of anilines is 1. The van der Waals surface area contributed by atoms with E-state index in [-0.39, 0.29) is 11.2 Å². The van der Waals surface area contributed by atoms with Gasteiger partial charge in [-0.05, 0) is 41.1 Å². The van der Waals surface area contributed by atoms with E-state index < -0.39 is 5.91 Å². The Kier molecular flexibility index (Phi) is 4.30. The van der Waals surface area contributed by atoms with Crippen molar-refractivity contribution < 1.29 is 4.79 Å². The van der Waals surface area contributed by atoms with E-state index in [1.54, 1.807) is 49.2 Å². The minimum atomic E-state index is -0.398. The SMILES string of the molecule is Cc1c(C(=O)Nc2cc(Br)cn(C)c2=O)cnn1-c1ccccn1. The molecule has 0 saturated carbocycles. The Hall–Kier alpha value is -2.74. The van der Waals surface area contributed by atoms with Crippen LogP contribution in [0.4, 0.5) is 5.69 Å². The van der Waals surface area contributed by atoms with Crippen molar-refractivity contribution >= 4 is 27.5 Å². The lowest BCUT2D eigenvalue weighted by Gasteiger charge is -2.07. The van der Waals surface area contributed by atoms with Crippen LogP contribution < -0.4 is 10.9 Å². The van der Waals surface area contributed by atoms with Crippen molar-refractivity contribution in [3.63, 3.8) is 0 Å². The highest BCUT2D eigenvalue weighted by molar-refractivity contribution is 9.10. The molecule has 3 aromatic heterocycles. The van der Waals surface area contributed by atoms with Gasteiger partial charge >= 0.3 is 0 Å². The Morgan fingerprint density at radius 3 is 2.83 bits per heavy atom. The van der Waals surface area contributed by atoms with Crippen molar-refractivity contribution in [3.8, 4) is 5.82 Å². The van der Waals surface area contributed by atoms with Crippen molar-refractivity contribution in [2.24, 2.45) is 7.05 Å². The fourth-order valence-corrected chi connectivity index (χ4v) is 2.83. The molecule has 24 heavy (non-hydrogen) atoms. The van der Waals surface area contributed by atoms with Gasteiger partial charge < -0.3 is 9.88 Å². The first-order chi connectivity index (χ1) is 11.5. The van der Waals surface area contributed by atoms with Crippen molar-refractivity contribution in [1.82, 2.24) is 19.3 Å². The Morgan fingerprint density at radius 2 is 2.12 bits per heavy atom. The highest BCUT2D eigenvalue weighted by atomic mass is 79.9. The van der Waals surface area contributed by atoms with Crippen LogP contribution in [0.25, 0.3) is 5.82 Å². The van der Waals surface area contributed by atoms with Crippen molar-refractivity contribution in [2.45, 2.75) is 6.92 Å². The molecular weight excluding hydrogens is 374 g/mol. The van der Waals surface area contributed by atoms with E-state index in [1.807, 2.05) is 6.07 Å². The van der Waals surface area contributed by atoms with Crippen LogP contribution in [0.5, 0.6) is 0 Å². The van der Waals surface area contributed by atoms with Crippen LogP contribution in [0.15, 0.2) is 52.1 Å². The highest BCUT2D eigenvalue weighted by Crippen LogP contribution is 2.15. The summed E-state index contributed by atoms with van der Waals surface area (Å²) in [5.74, 6) is 0.220. The van der Waals surface area contributed by atoms with Crippen molar-refractivity contribution in [1.29, 1.82) is 0 Å². The predicted octanol–water partition coefficient (Wildman–Crippen LogP) is 2.29. The number of aryl methyl sites for hydroxylation is 1. The molecule has 1 amide bonds. The maximum absolute atomic E-state index is 12.5. The number of rotatable bonds is 3. The molecule has 0 radical (unpaired) electrons. The van der Waals surface area contributed by atoms with Crippen LogP contribution in [-0.2, 0) is 7.05 Å². The zero-order valence-corrected chi connectivity index (χ0v) is 14.6. The number of carbonyl (C=O) groups excluding carboxylic acids is 1. The molecule has 1 N–H and O–H groups in total. The summed E-state index contributed by atoms with van der Waals surface area (Å²) in [4.78, 5) is 28.8. The number of nitrogens with one attached hydrogen (secondary N) is 1. The molecule has 0 atom stereocenters. The second-order valence-corrected chi connectivity index (χ2v) is 6.10. The van der Waals surface area contributed by atoms with Crippen LogP contribution in [0.1, 0.15) is 16.1 Å². The van der Waals surface area contributed by atoms with Gasteiger partial charge in [-0.25, -0.2) is 9.67 Å². The van der Waals surface area contributed by atoms with Crippen molar-refractivity contribution in [2.75, 3.05) is 5.32 Å². The number of nitrogens with zero attached hydrogens (tertiary/aromatic N) is 4. The normalized spacial score (nSPS) is 10.6. The molecule has 0 saturated heterocycles. The Balaban J connectivity index is 1.92. The smallest absolute Gasteiger partial charge is 0.274 e. The third-order valence-corrected chi connectivity index (χ3v) is 3.95. The van der Waals surface area contributed by atoms with Gasteiger partial charge in [0.15, 0.2) is 5.82 Å². The standard InChI is InChI=1S/C16H14BrN5O2/c1-10-12(8-19-22(10)14-5-3-4-6-18-14)15(23)20-13-7-11(17)9-21(2)16(13)24/h3-9H,1-2H3,(H,20,23). The van der Waals surface area contributed by atoms with E-state index >= 15 is 0 Å². The van der Waals surface area contributed by atoms with E-state index in [9.17, 15) is 9.59 Å². The van der Waals surface area contributed by atoms with E-state index in [0.29, 0.717) is 21.5 Å². The molecule has 7 nitrogen and oxygen atoms in total. The minimum Gasteiger partial charge on any atom is -0.317 e. The van der Waals surface area contributed by atoms with Gasteiger partial charge in [-0.3, -0.25) is 9.59 Å². The predicted molar refractivity (Wildman–Crippen MR) is 93.4 cm³/mol. The van der Waals surface area contributed by atoms with Crippen LogP contribution in [0.2, 0.25) is 0 Å². The summed E-state index contributed by atoms with van der Waals surface area (Å²) >= 11 is 3.31. The Bertz CT molecular complexity index is 962. The van der Waals surface area contributed by atoms with Gasteiger partial charge in [0, 0.05) is 23.9 Å². The lowest BCUT2D eigenvalue weighted by molar-refractivity contribution is 0.102. The summed E-state index contributed by atoms with van der Waals surface area (Å²) in [6.45, 7) is 1.77. The van der Waals surface area contributed by atoms with Gasteiger partial charge in [-0.1, -0.05) is 6.07 Å². The topological polar surface area (TPSA) is 81.8 Å². The summed E-state index contributed by atoms with van der Waals surface area (Å²) in [5, 5.41) is 6.84. The molecule has 0 fully saturated rings. The lowest BCUT2D eigenvalue weighted by Crippen LogP contribution is -2.24. The molecule has 0 aromatic carbocycles. The average molecular weight is 388 g/mol. The minimum absolute atomic E-state index is 0.196. The summed E-state index contributed by atoms with van der Waals surface area (Å²) in [5.41, 5.74) is 0.920. The lowest BCUT2D eigenvalue weighted by atomic mass is 10.2. The largest absolute Gasteiger partial charge is 0.317 e. The number of amides is 1. The zero-order chi connectivity index (χ0) is 17.3. The van der Waals surface area contributed by atoms with E-state index in [0.717, 1.165) is 0 Å². The third kappa shape index (κ3) is 3.00. The summed E-state index contributed by atoms with van der Waals surface area (Å²) in [7, 11) is 1.62. The van der Waals surface area contributed by atoms with E-state index in [4.69, 9.17) is 0 Å². The van der Waals surface area contributed by atoms with Gasteiger partial charge in [-0.2, -0.15) is 5.10 Å². The number of aromatic nitrogens is 4. The van der Waals surface area contributed by atoms with E-state index in [1.165, 1.54) is 10.8 Å². The maximum Gasteiger partial charge on any atom is 0.274 e. The molecule has 0 aliphatic carbocycles.